The molecule has 1 aromatic rings. The number of aliphatic hydroxyl groups is 1. The Morgan fingerprint density at radius 1 is 1.32 bits per heavy atom. The zero-order valence-corrected chi connectivity index (χ0v) is 11.4. The highest BCUT2D eigenvalue weighted by molar-refractivity contribution is 5.73. The molecule has 1 aromatic carbocycles. The topological polar surface area (TPSA) is 52.6 Å². The Balaban J connectivity index is 1.83. The minimum absolute atomic E-state index is 0.173. The maximum atomic E-state index is 11.2. The van der Waals surface area contributed by atoms with E-state index < -0.39 is 0 Å². The summed E-state index contributed by atoms with van der Waals surface area (Å²) >= 11 is 0. The third kappa shape index (κ3) is 3.96. The van der Waals surface area contributed by atoms with Crippen LogP contribution < -0.4 is 5.32 Å². The van der Waals surface area contributed by atoms with Crippen molar-refractivity contribution in [3.8, 4) is 0 Å². The molecule has 1 aliphatic heterocycles. The van der Waals surface area contributed by atoms with Crippen molar-refractivity contribution in [2.45, 2.75) is 32.2 Å². The quantitative estimate of drug-likeness (QED) is 0.867. The third-order valence-corrected chi connectivity index (χ3v) is 3.67. The molecular formula is C15H22N2O2. The predicted molar refractivity (Wildman–Crippen MR) is 76.1 cm³/mol. The molecule has 19 heavy (non-hydrogen) atoms. The molecule has 2 rings (SSSR count). The molecule has 104 valence electrons. The first-order valence-electron chi connectivity index (χ1n) is 6.91. The summed E-state index contributed by atoms with van der Waals surface area (Å²) in [7, 11) is 0. The van der Waals surface area contributed by atoms with Crippen molar-refractivity contribution < 1.29 is 9.90 Å². The summed E-state index contributed by atoms with van der Waals surface area (Å²) in [5, 5.41) is 12.4. The number of benzene rings is 1. The Bertz CT molecular complexity index is 409. The van der Waals surface area contributed by atoms with Crippen LogP contribution in [0.5, 0.6) is 0 Å². The summed E-state index contributed by atoms with van der Waals surface area (Å²) in [6.07, 6.45) is 2.70. The molecule has 1 heterocycles. The normalized spacial score (nSPS) is 16.4. The molecule has 0 spiro atoms. The standard InChI is InChI=1S/C15H22N2O2/c1-12(19)17-9-6-15(7-10-17)16-14-4-2-13(3-5-14)8-11-18/h2-5,15-16,18H,6-11H2,1H3. The second kappa shape index (κ2) is 6.57. The number of piperidine rings is 1. The number of likely N-dealkylation sites (tertiary alicyclic amines) is 1. The lowest BCUT2D eigenvalue weighted by atomic mass is 10.0. The monoisotopic (exact) mass is 262 g/mol. The maximum Gasteiger partial charge on any atom is 0.219 e. The number of anilines is 1. The Kier molecular flexibility index (Phi) is 4.80. The lowest BCUT2D eigenvalue weighted by Gasteiger charge is -2.32. The van der Waals surface area contributed by atoms with Crippen LogP contribution in [0.25, 0.3) is 0 Å². The van der Waals surface area contributed by atoms with Crippen molar-refractivity contribution in [2.75, 3.05) is 25.0 Å². The zero-order valence-electron chi connectivity index (χ0n) is 11.4. The molecule has 0 unspecified atom stereocenters. The lowest BCUT2D eigenvalue weighted by molar-refractivity contribution is -0.129. The SMILES string of the molecule is CC(=O)N1CCC(Nc2ccc(CCO)cc2)CC1. The molecule has 1 amide bonds. The van der Waals surface area contributed by atoms with Crippen molar-refractivity contribution in [2.24, 2.45) is 0 Å². The van der Waals surface area contributed by atoms with Gasteiger partial charge in [-0.3, -0.25) is 4.79 Å². The van der Waals surface area contributed by atoms with Gasteiger partial charge in [0, 0.05) is 38.3 Å². The number of hydrogen-bond acceptors (Lipinski definition) is 3. The second-order valence-corrected chi connectivity index (χ2v) is 5.10. The fourth-order valence-corrected chi connectivity index (χ4v) is 2.47. The predicted octanol–water partition coefficient (Wildman–Crippen LogP) is 1.64. The van der Waals surface area contributed by atoms with Crippen LogP contribution in [-0.4, -0.2) is 41.7 Å². The Labute approximate surface area is 114 Å². The first kappa shape index (κ1) is 13.9. The van der Waals surface area contributed by atoms with E-state index in [4.69, 9.17) is 5.11 Å². The molecule has 0 bridgehead atoms. The van der Waals surface area contributed by atoms with Gasteiger partial charge in [0.25, 0.3) is 0 Å². The fraction of sp³-hybridized carbons (Fsp3) is 0.533. The Hall–Kier alpha value is -1.55. The highest BCUT2D eigenvalue weighted by Crippen LogP contribution is 2.17. The van der Waals surface area contributed by atoms with Crippen LogP contribution in [0.4, 0.5) is 5.69 Å². The van der Waals surface area contributed by atoms with Gasteiger partial charge < -0.3 is 15.3 Å². The Morgan fingerprint density at radius 2 is 1.95 bits per heavy atom. The van der Waals surface area contributed by atoms with Gasteiger partial charge in [0.05, 0.1) is 0 Å². The number of rotatable bonds is 4. The molecule has 1 aliphatic rings. The van der Waals surface area contributed by atoms with Crippen LogP contribution in [-0.2, 0) is 11.2 Å². The van der Waals surface area contributed by atoms with Crippen molar-refractivity contribution >= 4 is 11.6 Å². The van der Waals surface area contributed by atoms with E-state index >= 15 is 0 Å². The first-order chi connectivity index (χ1) is 9.19. The van der Waals surface area contributed by atoms with E-state index in [9.17, 15) is 4.79 Å². The average molecular weight is 262 g/mol. The van der Waals surface area contributed by atoms with Crippen LogP contribution in [0.15, 0.2) is 24.3 Å². The summed E-state index contributed by atoms with van der Waals surface area (Å²) in [6, 6.07) is 8.65. The molecule has 4 nitrogen and oxygen atoms in total. The zero-order chi connectivity index (χ0) is 13.7. The molecule has 0 aliphatic carbocycles. The van der Waals surface area contributed by atoms with E-state index in [-0.39, 0.29) is 12.5 Å². The molecule has 2 N–H and O–H groups in total. The van der Waals surface area contributed by atoms with Gasteiger partial charge in [0.1, 0.15) is 0 Å². The highest BCUT2D eigenvalue weighted by Gasteiger charge is 2.20. The summed E-state index contributed by atoms with van der Waals surface area (Å²) < 4.78 is 0. The van der Waals surface area contributed by atoms with Crippen molar-refractivity contribution in [3.05, 3.63) is 29.8 Å². The summed E-state index contributed by atoms with van der Waals surface area (Å²) in [5.74, 6) is 0.173. The van der Waals surface area contributed by atoms with E-state index in [0.717, 1.165) is 37.2 Å². The van der Waals surface area contributed by atoms with Gasteiger partial charge in [-0.1, -0.05) is 12.1 Å². The van der Waals surface area contributed by atoms with Crippen LogP contribution in [0, 0.1) is 0 Å². The Morgan fingerprint density at radius 3 is 2.47 bits per heavy atom. The van der Waals surface area contributed by atoms with Gasteiger partial charge in [0.2, 0.25) is 5.91 Å². The van der Waals surface area contributed by atoms with Gasteiger partial charge in [-0.2, -0.15) is 0 Å². The number of carbonyl (C=O) groups excluding carboxylic acids is 1. The van der Waals surface area contributed by atoms with Crippen LogP contribution >= 0.6 is 0 Å². The van der Waals surface area contributed by atoms with Gasteiger partial charge in [-0.15, -0.1) is 0 Å². The molecule has 0 radical (unpaired) electrons. The maximum absolute atomic E-state index is 11.2. The van der Waals surface area contributed by atoms with Gasteiger partial charge in [0.15, 0.2) is 0 Å². The van der Waals surface area contributed by atoms with Gasteiger partial charge >= 0.3 is 0 Å². The molecule has 1 fully saturated rings. The highest BCUT2D eigenvalue weighted by atomic mass is 16.2. The molecule has 0 aromatic heterocycles. The van der Waals surface area contributed by atoms with Crippen molar-refractivity contribution in [1.82, 2.24) is 4.90 Å². The molecule has 0 saturated carbocycles. The smallest absolute Gasteiger partial charge is 0.219 e. The largest absolute Gasteiger partial charge is 0.396 e. The van der Waals surface area contributed by atoms with Crippen LogP contribution in [0.2, 0.25) is 0 Å². The van der Waals surface area contributed by atoms with Gasteiger partial charge in [-0.05, 0) is 37.0 Å². The molecular weight excluding hydrogens is 240 g/mol. The number of amides is 1. The van der Waals surface area contributed by atoms with Crippen LogP contribution in [0.3, 0.4) is 0 Å². The lowest BCUT2D eigenvalue weighted by Crippen LogP contribution is -2.41. The van der Waals surface area contributed by atoms with E-state index in [0.29, 0.717) is 12.5 Å². The summed E-state index contributed by atoms with van der Waals surface area (Å²) in [4.78, 5) is 13.2. The van der Waals surface area contributed by atoms with E-state index in [1.165, 1.54) is 0 Å². The molecule has 1 saturated heterocycles. The number of nitrogens with zero attached hydrogens (tertiary/aromatic N) is 1. The average Bonchev–Trinajstić information content (AvgIpc) is 2.42. The number of hydrogen-bond donors (Lipinski definition) is 2. The van der Waals surface area contributed by atoms with Gasteiger partial charge in [-0.25, -0.2) is 0 Å². The summed E-state index contributed by atoms with van der Waals surface area (Å²) in [5.41, 5.74) is 2.27. The minimum atomic E-state index is 0.173. The number of carbonyl (C=O) groups is 1. The van der Waals surface area contributed by atoms with E-state index in [1.807, 2.05) is 17.0 Å². The summed E-state index contributed by atoms with van der Waals surface area (Å²) in [6.45, 7) is 3.51. The van der Waals surface area contributed by atoms with E-state index in [1.54, 1.807) is 6.92 Å². The van der Waals surface area contributed by atoms with Crippen molar-refractivity contribution in [3.63, 3.8) is 0 Å². The van der Waals surface area contributed by atoms with Crippen LogP contribution in [0.1, 0.15) is 25.3 Å². The minimum Gasteiger partial charge on any atom is -0.396 e. The second-order valence-electron chi connectivity index (χ2n) is 5.10. The number of nitrogens with one attached hydrogen (secondary N) is 1. The number of aliphatic hydroxyl groups excluding tert-OH is 1. The molecule has 4 heteroatoms. The fourth-order valence-electron chi connectivity index (χ4n) is 2.47. The molecule has 0 atom stereocenters. The van der Waals surface area contributed by atoms with E-state index in [2.05, 4.69) is 17.4 Å². The first-order valence-corrected chi connectivity index (χ1v) is 6.91. The third-order valence-electron chi connectivity index (χ3n) is 3.67. The van der Waals surface area contributed by atoms with Crippen molar-refractivity contribution in [1.29, 1.82) is 0 Å².